The van der Waals surface area contributed by atoms with Gasteiger partial charge in [-0.3, -0.25) is 0 Å². The van der Waals surface area contributed by atoms with Crippen molar-refractivity contribution in [3.8, 4) is 22.5 Å². The van der Waals surface area contributed by atoms with Gasteiger partial charge in [0.25, 0.3) is 0 Å². The first kappa shape index (κ1) is 16.5. The van der Waals surface area contributed by atoms with Crippen LogP contribution in [0.25, 0.3) is 33.4 Å². The van der Waals surface area contributed by atoms with Crippen LogP contribution in [-0.2, 0) is 0 Å². The van der Waals surface area contributed by atoms with Crippen molar-refractivity contribution in [2.75, 3.05) is 0 Å². The molecule has 4 rings (SSSR count). The molecule has 0 saturated carbocycles. The number of aryl methyl sites for hydroxylation is 2. The number of rotatable bonds is 2. The van der Waals surface area contributed by atoms with E-state index in [9.17, 15) is 4.79 Å². The molecule has 0 atom stereocenters. The maximum atomic E-state index is 12.1. The summed E-state index contributed by atoms with van der Waals surface area (Å²) < 4.78 is 0. The standard InChI is InChI=1S/C21H16ClN3O/c1-12-6-8-14(9-7-12)17-11-18(24-21(26)23-17)16-10-15-5-3-4-13(2)19(15)25-20(16)22/h3-11H,1-2H3,(H,23,24,26). The number of nitrogens with one attached hydrogen (secondary N) is 1. The summed E-state index contributed by atoms with van der Waals surface area (Å²) in [4.78, 5) is 23.5. The SMILES string of the molecule is Cc1ccc(-c2cc(-c3cc4cccc(C)c4nc3Cl)[nH]c(=O)n2)cc1. The highest BCUT2D eigenvalue weighted by atomic mass is 35.5. The van der Waals surface area contributed by atoms with E-state index < -0.39 is 5.69 Å². The van der Waals surface area contributed by atoms with E-state index in [1.54, 1.807) is 0 Å². The van der Waals surface area contributed by atoms with Crippen LogP contribution in [0.4, 0.5) is 0 Å². The molecule has 2 aromatic heterocycles. The van der Waals surface area contributed by atoms with Crippen LogP contribution in [0.2, 0.25) is 5.15 Å². The number of hydrogen-bond donors (Lipinski definition) is 1. The summed E-state index contributed by atoms with van der Waals surface area (Å²) >= 11 is 6.43. The highest BCUT2D eigenvalue weighted by Crippen LogP contribution is 2.30. The molecule has 4 nitrogen and oxygen atoms in total. The van der Waals surface area contributed by atoms with Crippen LogP contribution in [0.5, 0.6) is 0 Å². The lowest BCUT2D eigenvalue weighted by Gasteiger charge is -2.09. The third-order valence-corrected chi connectivity index (χ3v) is 4.67. The Bertz CT molecular complexity index is 1180. The van der Waals surface area contributed by atoms with Crippen molar-refractivity contribution < 1.29 is 0 Å². The Morgan fingerprint density at radius 3 is 2.50 bits per heavy atom. The van der Waals surface area contributed by atoms with Gasteiger partial charge in [0.15, 0.2) is 0 Å². The van der Waals surface area contributed by atoms with Crippen LogP contribution < -0.4 is 5.69 Å². The fourth-order valence-electron chi connectivity index (χ4n) is 2.99. The van der Waals surface area contributed by atoms with Gasteiger partial charge in [0.05, 0.1) is 16.9 Å². The topological polar surface area (TPSA) is 58.6 Å². The molecular weight excluding hydrogens is 346 g/mol. The molecule has 128 valence electrons. The fourth-order valence-corrected chi connectivity index (χ4v) is 3.23. The fraction of sp³-hybridized carbons (Fsp3) is 0.0952. The molecular formula is C21H16ClN3O. The minimum Gasteiger partial charge on any atom is -0.305 e. The van der Waals surface area contributed by atoms with Crippen molar-refractivity contribution in [2.45, 2.75) is 13.8 Å². The van der Waals surface area contributed by atoms with E-state index in [0.717, 1.165) is 27.6 Å². The lowest BCUT2D eigenvalue weighted by Crippen LogP contribution is -2.12. The number of para-hydroxylation sites is 1. The molecule has 0 aliphatic heterocycles. The van der Waals surface area contributed by atoms with E-state index in [2.05, 4.69) is 15.0 Å². The van der Waals surface area contributed by atoms with Crippen molar-refractivity contribution >= 4 is 22.5 Å². The summed E-state index contributed by atoms with van der Waals surface area (Å²) in [6.45, 7) is 4.01. The zero-order chi connectivity index (χ0) is 18.3. The average Bonchev–Trinajstić information content (AvgIpc) is 2.62. The van der Waals surface area contributed by atoms with Gasteiger partial charge in [0, 0.05) is 16.5 Å². The quantitative estimate of drug-likeness (QED) is 0.515. The van der Waals surface area contributed by atoms with Crippen molar-refractivity contribution in [3.05, 3.63) is 81.4 Å². The first-order chi connectivity index (χ1) is 12.5. The van der Waals surface area contributed by atoms with Gasteiger partial charge in [-0.2, -0.15) is 4.98 Å². The van der Waals surface area contributed by atoms with Crippen LogP contribution in [-0.4, -0.2) is 15.0 Å². The highest BCUT2D eigenvalue weighted by molar-refractivity contribution is 6.32. The summed E-state index contributed by atoms with van der Waals surface area (Å²) in [5, 5.41) is 1.32. The summed E-state index contributed by atoms with van der Waals surface area (Å²) in [5.41, 5.74) is 5.40. The van der Waals surface area contributed by atoms with Crippen LogP contribution in [0.15, 0.2) is 59.4 Å². The van der Waals surface area contributed by atoms with Gasteiger partial charge in [0.2, 0.25) is 0 Å². The molecule has 0 radical (unpaired) electrons. The van der Waals surface area contributed by atoms with E-state index in [1.807, 2.05) is 68.4 Å². The second-order valence-electron chi connectivity index (χ2n) is 6.32. The number of benzene rings is 2. The molecule has 0 saturated heterocycles. The Kier molecular flexibility index (Phi) is 4.05. The first-order valence-corrected chi connectivity index (χ1v) is 8.64. The zero-order valence-electron chi connectivity index (χ0n) is 14.4. The minimum absolute atomic E-state index is 0.350. The predicted octanol–water partition coefficient (Wildman–Crippen LogP) is 4.92. The zero-order valence-corrected chi connectivity index (χ0v) is 15.1. The van der Waals surface area contributed by atoms with E-state index >= 15 is 0 Å². The normalized spacial score (nSPS) is 11.0. The summed E-state index contributed by atoms with van der Waals surface area (Å²) in [7, 11) is 0. The summed E-state index contributed by atoms with van der Waals surface area (Å²) in [6, 6.07) is 17.6. The number of hydrogen-bond acceptors (Lipinski definition) is 3. The summed E-state index contributed by atoms with van der Waals surface area (Å²) in [5.74, 6) is 0. The van der Waals surface area contributed by atoms with Crippen molar-refractivity contribution in [2.24, 2.45) is 0 Å². The molecule has 0 aliphatic carbocycles. The minimum atomic E-state index is -0.418. The third-order valence-electron chi connectivity index (χ3n) is 4.38. The maximum absolute atomic E-state index is 12.1. The molecule has 0 unspecified atom stereocenters. The van der Waals surface area contributed by atoms with Crippen LogP contribution in [0.3, 0.4) is 0 Å². The van der Waals surface area contributed by atoms with E-state index in [0.29, 0.717) is 22.1 Å². The Morgan fingerprint density at radius 1 is 0.962 bits per heavy atom. The van der Waals surface area contributed by atoms with E-state index in [1.165, 1.54) is 0 Å². The number of aromatic amines is 1. The van der Waals surface area contributed by atoms with E-state index in [-0.39, 0.29) is 0 Å². The molecule has 4 aromatic rings. The number of H-pyrrole nitrogens is 1. The van der Waals surface area contributed by atoms with Gasteiger partial charge in [0.1, 0.15) is 5.15 Å². The Morgan fingerprint density at radius 2 is 1.73 bits per heavy atom. The maximum Gasteiger partial charge on any atom is 0.345 e. The molecule has 0 aliphatic rings. The Balaban J connectivity index is 1.91. The molecule has 0 amide bonds. The second kappa shape index (κ2) is 6.39. The molecule has 1 N–H and O–H groups in total. The van der Waals surface area contributed by atoms with Crippen molar-refractivity contribution in [1.29, 1.82) is 0 Å². The van der Waals surface area contributed by atoms with Gasteiger partial charge in [-0.1, -0.05) is 59.6 Å². The van der Waals surface area contributed by atoms with Crippen LogP contribution >= 0.6 is 11.6 Å². The lowest BCUT2D eigenvalue weighted by atomic mass is 10.1. The predicted molar refractivity (Wildman–Crippen MR) is 106 cm³/mol. The Labute approximate surface area is 155 Å². The van der Waals surface area contributed by atoms with Crippen molar-refractivity contribution in [1.82, 2.24) is 15.0 Å². The van der Waals surface area contributed by atoms with Gasteiger partial charge in [-0.05, 0) is 31.5 Å². The van der Waals surface area contributed by atoms with E-state index in [4.69, 9.17) is 11.6 Å². The molecule has 2 aromatic carbocycles. The van der Waals surface area contributed by atoms with Crippen molar-refractivity contribution in [3.63, 3.8) is 0 Å². The molecule has 0 fully saturated rings. The number of pyridine rings is 1. The number of aromatic nitrogens is 3. The van der Waals surface area contributed by atoms with Gasteiger partial charge < -0.3 is 4.98 Å². The first-order valence-electron chi connectivity index (χ1n) is 8.26. The molecule has 5 heteroatoms. The largest absolute Gasteiger partial charge is 0.345 e. The van der Waals surface area contributed by atoms with Crippen LogP contribution in [0.1, 0.15) is 11.1 Å². The molecule has 0 bridgehead atoms. The van der Waals surface area contributed by atoms with Gasteiger partial charge >= 0.3 is 5.69 Å². The smallest absolute Gasteiger partial charge is 0.305 e. The summed E-state index contributed by atoms with van der Waals surface area (Å²) in [6.07, 6.45) is 0. The molecule has 26 heavy (non-hydrogen) atoms. The molecule has 2 heterocycles. The van der Waals surface area contributed by atoms with Crippen LogP contribution in [0, 0.1) is 13.8 Å². The lowest BCUT2D eigenvalue weighted by molar-refractivity contribution is 1.08. The monoisotopic (exact) mass is 361 g/mol. The third kappa shape index (κ3) is 3.00. The highest BCUT2D eigenvalue weighted by Gasteiger charge is 2.12. The Hall–Kier alpha value is -2.98. The number of nitrogens with zero attached hydrogens (tertiary/aromatic N) is 2. The van der Waals surface area contributed by atoms with Gasteiger partial charge in [-0.15, -0.1) is 0 Å². The molecule has 0 spiro atoms. The number of fused-ring (bicyclic) bond motifs is 1. The van der Waals surface area contributed by atoms with Gasteiger partial charge in [-0.25, -0.2) is 9.78 Å². The number of halogens is 1. The average molecular weight is 362 g/mol. The second-order valence-corrected chi connectivity index (χ2v) is 6.68.